The van der Waals surface area contributed by atoms with Crippen LogP contribution in [0.5, 0.6) is 0 Å². The van der Waals surface area contributed by atoms with Gasteiger partial charge in [-0.1, -0.05) is 42.5 Å². The van der Waals surface area contributed by atoms with Crippen LogP contribution in [0.25, 0.3) is 0 Å². The van der Waals surface area contributed by atoms with Crippen LogP contribution in [0, 0.1) is 5.82 Å². The molecule has 1 aliphatic heterocycles. The fraction of sp³-hybridized carbons (Fsp3) is 0.316. The number of carbonyl (C=O) groups is 1. The maximum absolute atomic E-state index is 13.2. The Bertz CT molecular complexity index is 688. The highest BCUT2D eigenvalue weighted by Crippen LogP contribution is 2.33. The first-order valence-electron chi connectivity index (χ1n) is 7.97. The fourth-order valence-electron chi connectivity index (χ4n) is 2.92. The van der Waals surface area contributed by atoms with Crippen molar-refractivity contribution in [1.82, 2.24) is 4.90 Å². The molecule has 1 aliphatic rings. The van der Waals surface area contributed by atoms with Gasteiger partial charge in [0.2, 0.25) is 0 Å². The molecule has 0 aromatic heterocycles. The quantitative estimate of drug-likeness (QED) is 0.942. The van der Waals surface area contributed by atoms with Crippen molar-refractivity contribution in [2.45, 2.75) is 25.2 Å². The van der Waals surface area contributed by atoms with Gasteiger partial charge in [0.25, 0.3) is 5.91 Å². The van der Waals surface area contributed by atoms with Crippen LogP contribution in [-0.2, 0) is 9.53 Å². The molecule has 0 radical (unpaired) electrons. The molecule has 1 heterocycles. The molecule has 0 saturated carbocycles. The summed E-state index contributed by atoms with van der Waals surface area (Å²) in [7, 11) is 0. The lowest BCUT2D eigenvalue weighted by Crippen LogP contribution is -2.47. The number of benzene rings is 2. The SMILES string of the molecule is CC(O)C(=O)N1CC(c2ccccc2)OC(c2ccc(F)cc2)C1. The van der Waals surface area contributed by atoms with Crippen LogP contribution in [-0.4, -0.2) is 35.1 Å². The number of aliphatic hydroxyl groups is 1. The lowest BCUT2D eigenvalue weighted by molar-refractivity contribution is -0.154. The molecule has 3 rings (SSSR count). The largest absolute Gasteiger partial charge is 0.384 e. The third-order valence-corrected chi connectivity index (χ3v) is 4.18. The molecule has 1 fully saturated rings. The maximum Gasteiger partial charge on any atom is 0.251 e. The van der Waals surface area contributed by atoms with Crippen molar-refractivity contribution in [2.24, 2.45) is 0 Å². The zero-order chi connectivity index (χ0) is 17.1. The van der Waals surface area contributed by atoms with E-state index in [0.29, 0.717) is 13.1 Å². The van der Waals surface area contributed by atoms with Crippen LogP contribution in [0.15, 0.2) is 54.6 Å². The van der Waals surface area contributed by atoms with Crippen LogP contribution in [0.2, 0.25) is 0 Å². The number of amides is 1. The van der Waals surface area contributed by atoms with Crippen molar-refractivity contribution in [2.75, 3.05) is 13.1 Å². The van der Waals surface area contributed by atoms with Crippen molar-refractivity contribution in [3.8, 4) is 0 Å². The van der Waals surface area contributed by atoms with E-state index in [1.807, 2.05) is 30.3 Å². The number of hydrogen-bond acceptors (Lipinski definition) is 3. The van der Waals surface area contributed by atoms with Crippen LogP contribution in [0.1, 0.15) is 30.3 Å². The van der Waals surface area contributed by atoms with Crippen molar-refractivity contribution in [3.63, 3.8) is 0 Å². The monoisotopic (exact) mass is 329 g/mol. The second kappa shape index (κ2) is 7.11. The van der Waals surface area contributed by atoms with E-state index in [9.17, 15) is 14.3 Å². The van der Waals surface area contributed by atoms with Gasteiger partial charge in [0.05, 0.1) is 13.1 Å². The summed E-state index contributed by atoms with van der Waals surface area (Å²) >= 11 is 0. The van der Waals surface area contributed by atoms with Gasteiger partial charge in [0.1, 0.15) is 24.1 Å². The molecule has 1 N–H and O–H groups in total. The standard InChI is InChI=1S/C19H20FNO3/c1-13(22)19(23)21-11-17(14-5-3-2-4-6-14)24-18(12-21)15-7-9-16(20)10-8-15/h2-10,13,17-18,22H,11-12H2,1H3. The Balaban J connectivity index is 1.88. The first-order chi connectivity index (χ1) is 11.5. The van der Waals surface area contributed by atoms with Gasteiger partial charge in [0, 0.05) is 0 Å². The Morgan fingerprint density at radius 2 is 1.62 bits per heavy atom. The van der Waals surface area contributed by atoms with E-state index in [1.54, 1.807) is 17.0 Å². The number of nitrogens with zero attached hydrogens (tertiary/aromatic N) is 1. The topological polar surface area (TPSA) is 49.8 Å². The summed E-state index contributed by atoms with van der Waals surface area (Å²) in [5.74, 6) is -0.641. The average Bonchev–Trinajstić information content (AvgIpc) is 2.62. The molecule has 0 aliphatic carbocycles. The molecular weight excluding hydrogens is 309 g/mol. The molecule has 24 heavy (non-hydrogen) atoms. The van der Waals surface area contributed by atoms with E-state index < -0.39 is 6.10 Å². The summed E-state index contributed by atoms with van der Waals surface area (Å²) in [5.41, 5.74) is 1.77. The van der Waals surface area contributed by atoms with Crippen LogP contribution in [0.4, 0.5) is 4.39 Å². The Hall–Kier alpha value is -2.24. The number of ether oxygens (including phenoxy) is 1. The van der Waals surface area contributed by atoms with E-state index in [0.717, 1.165) is 11.1 Å². The number of carbonyl (C=O) groups excluding carboxylic acids is 1. The van der Waals surface area contributed by atoms with Gasteiger partial charge in [-0.2, -0.15) is 0 Å². The molecule has 0 bridgehead atoms. The first kappa shape index (κ1) is 16.6. The molecule has 3 atom stereocenters. The maximum atomic E-state index is 13.2. The Labute approximate surface area is 140 Å². The summed E-state index contributed by atoms with van der Waals surface area (Å²) in [4.78, 5) is 13.9. The van der Waals surface area contributed by atoms with Gasteiger partial charge in [-0.25, -0.2) is 4.39 Å². The van der Waals surface area contributed by atoms with E-state index in [1.165, 1.54) is 19.1 Å². The Kier molecular flexibility index (Phi) is 4.92. The van der Waals surface area contributed by atoms with E-state index >= 15 is 0 Å². The van der Waals surface area contributed by atoms with Gasteiger partial charge in [-0.3, -0.25) is 4.79 Å². The van der Waals surface area contributed by atoms with Crippen LogP contribution < -0.4 is 0 Å². The highest BCUT2D eigenvalue weighted by molar-refractivity contribution is 5.80. The van der Waals surface area contributed by atoms with Gasteiger partial charge in [-0.15, -0.1) is 0 Å². The van der Waals surface area contributed by atoms with E-state index in [2.05, 4.69) is 0 Å². The minimum Gasteiger partial charge on any atom is -0.384 e. The third kappa shape index (κ3) is 3.63. The number of halogens is 1. The van der Waals surface area contributed by atoms with E-state index in [4.69, 9.17) is 4.74 Å². The molecule has 3 unspecified atom stereocenters. The lowest BCUT2D eigenvalue weighted by Gasteiger charge is -2.39. The summed E-state index contributed by atoms with van der Waals surface area (Å²) in [6, 6.07) is 15.7. The van der Waals surface area contributed by atoms with Gasteiger partial charge in [-0.05, 0) is 30.2 Å². The molecule has 4 nitrogen and oxygen atoms in total. The summed E-state index contributed by atoms with van der Waals surface area (Å²) in [6.45, 7) is 2.17. The molecule has 126 valence electrons. The summed E-state index contributed by atoms with van der Waals surface area (Å²) in [5, 5.41) is 9.64. The number of rotatable bonds is 3. The number of aliphatic hydroxyl groups excluding tert-OH is 1. The van der Waals surface area contributed by atoms with Crippen molar-refractivity contribution < 1.29 is 19.0 Å². The van der Waals surface area contributed by atoms with Crippen molar-refractivity contribution in [1.29, 1.82) is 0 Å². The zero-order valence-electron chi connectivity index (χ0n) is 13.4. The predicted molar refractivity (Wildman–Crippen MR) is 87.7 cm³/mol. The van der Waals surface area contributed by atoms with Crippen molar-refractivity contribution in [3.05, 3.63) is 71.5 Å². The molecule has 0 spiro atoms. The zero-order valence-corrected chi connectivity index (χ0v) is 13.4. The lowest BCUT2D eigenvalue weighted by atomic mass is 10.0. The summed E-state index contributed by atoms with van der Waals surface area (Å²) in [6.07, 6.45) is -1.72. The van der Waals surface area contributed by atoms with Gasteiger partial charge >= 0.3 is 0 Å². The second-order valence-electron chi connectivity index (χ2n) is 5.99. The van der Waals surface area contributed by atoms with E-state index in [-0.39, 0.29) is 23.9 Å². The predicted octanol–water partition coefficient (Wildman–Crippen LogP) is 2.85. The fourth-order valence-corrected chi connectivity index (χ4v) is 2.92. The van der Waals surface area contributed by atoms with Gasteiger partial charge < -0.3 is 14.7 Å². The smallest absolute Gasteiger partial charge is 0.251 e. The van der Waals surface area contributed by atoms with Crippen LogP contribution >= 0.6 is 0 Å². The second-order valence-corrected chi connectivity index (χ2v) is 5.99. The number of morpholine rings is 1. The minimum atomic E-state index is -1.06. The molecule has 2 aromatic rings. The number of hydrogen-bond donors (Lipinski definition) is 1. The molecule has 2 aromatic carbocycles. The molecular formula is C19H20FNO3. The van der Waals surface area contributed by atoms with Crippen LogP contribution in [0.3, 0.4) is 0 Å². The Morgan fingerprint density at radius 1 is 1.08 bits per heavy atom. The average molecular weight is 329 g/mol. The van der Waals surface area contributed by atoms with Crippen molar-refractivity contribution >= 4 is 5.91 Å². The third-order valence-electron chi connectivity index (χ3n) is 4.18. The van der Waals surface area contributed by atoms with Gasteiger partial charge in [0.15, 0.2) is 0 Å². The molecule has 1 saturated heterocycles. The highest BCUT2D eigenvalue weighted by Gasteiger charge is 2.33. The minimum absolute atomic E-state index is 0.294. The normalized spacial score (nSPS) is 22.2. The highest BCUT2D eigenvalue weighted by atomic mass is 19.1. The Morgan fingerprint density at radius 3 is 2.17 bits per heavy atom. The first-order valence-corrected chi connectivity index (χ1v) is 7.97. The summed E-state index contributed by atoms with van der Waals surface area (Å²) < 4.78 is 19.3. The molecule has 1 amide bonds. The molecule has 5 heteroatoms.